The fraction of sp³-hybridized carbons (Fsp3) is 0.222. The quantitative estimate of drug-likeness (QED) is 0.529. The summed E-state index contributed by atoms with van der Waals surface area (Å²) in [5, 5.41) is 14.6. The van der Waals surface area contributed by atoms with E-state index in [4.69, 9.17) is 5.11 Å². The van der Waals surface area contributed by atoms with Crippen molar-refractivity contribution in [1.82, 2.24) is 29.2 Å². The minimum Gasteiger partial charge on any atom is -0.395 e. The van der Waals surface area contributed by atoms with E-state index in [1.54, 1.807) is 17.7 Å². The number of aromatic nitrogens is 5. The minimum atomic E-state index is -0.323. The van der Waals surface area contributed by atoms with E-state index < -0.39 is 0 Å². The number of hydrogen-bond acceptors (Lipinski definition) is 6. The first-order valence-corrected chi connectivity index (χ1v) is 9.33. The van der Waals surface area contributed by atoms with Gasteiger partial charge in [0, 0.05) is 24.3 Å². The largest absolute Gasteiger partial charge is 0.395 e. The van der Waals surface area contributed by atoms with Crippen molar-refractivity contribution >= 4 is 22.8 Å². The van der Waals surface area contributed by atoms with Gasteiger partial charge >= 0.3 is 0 Å². The predicted molar refractivity (Wildman–Crippen MR) is 102 cm³/mol. The average Bonchev–Trinajstić information content (AvgIpc) is 3.38. The molecule has 0 aromatic carbocycles. The number of imidazole rings is 2. The Morgan fingerprint density at radius 1 is 1.33 bits per heavy atom. The lowest BCUT2D eigenvalue weighted by Gasteiger charge is -2.00. The SMILES string of the molecule is Cc1nc(Cn2cnc(-c3nc(C(=O)NCCO)c4ccccn34)c2)cs1. The molecule has 0 unspecified atom stereocenters. The van der Waals surface area contributed by atoms with Crippen LogP contribution in [0.4, 0.5) is 0 Å². The van der Waals surface area contributed by atoms with E-state index >= 15 is 0 Å². The van der Waals surface area contributed by atoms with Gasteiger partial charge in [0.1, 0.15) is 5.69 Å². The highest BCUT2D eigenvalue weighted by Crippen LogP contribution is 2.22. The van der Waals surface area contributed by atoms with Gasteiger partial charge in [0.05, 0.1) is 35.7 Å². The molecular weight excluding hydrogens is 364 g/mol. The van der Waals surface area contributed by atoms with Crippen molar-refractivity contribution in [3.8, 4) is 11.5 Å². The molecule has 0 spiro atoms. The van der Waals surface area contributed by atoms with Gasteiger partial charge in [-0.25, -0.2) is 15.0 Å². The number of fused-ring (bicyclic) bond motifs is 1. The number of pyridine rings is 1. The first kappa shape index (κ1) is 17.4. The molecule has 0 radical (unpaired) electrons. The number of carbonyl (C=O) groups is 1. The van der Waals surface area contributed by atoms with Crippen LogP contribution in [0.2, 0.25) is 0 Å². The fourth-order valence-electron chi connectivity index (χ4n) is 2.87. The maximum absolute atomic E-state index is 12.4. The van der Waals surface area contributed by atoms with Crippen molar-refractivity contribution in [3.05, 3.63) is 58.7 Å². The monoisotopic (exact) mass is 382 g/mol. The third-order valence-corrected chi connectivity index (χ3v) is 4.86. The smallest absolute Gasteiger partial charge is 0.272 e. The summed E-state index contributed by atoms with van der Waals surface area (Å²) in [7, 11) is 0. The number of hydrogen-bond donors (Lipinski definition) is 2. The normalized spacial score (nSPS) is 11.2. The molecule has 0 aliphatic heterocycles. The number of aliphatic hydroxyl groups is 1. The number of carbonyl (C=O) groups excluding carboxylic acids is 1. The van der Waals surface area contributed by atoms with Crippen molar-refractivity contribution < 1.29 is 9.90 Å². The Balaban J connectivity index is 1.68. The van der Waals surface area contributed by atoms with Crippen LogP contribution in [0.25, 0.3) is 17.0 Å². The molecule has 1 amide bonds. The van der Waals surface area contributed by atoms with Crippen LogP contribution in [0.3, 0.4) is 0 Å². The molecule has 8 nitrogen and oxygen atoms in total. The molecule has 27 heavy (non-hydrogen) atoms. The number of aliphatic hydroxyl groups excluding tert-OH is 1. The van der Waals surface area contributed by atoms with Crippen molar-refractivity contribution in [2.75, 3.05) is 13.2 Å². The van der Waals surface area contributed by atoms with Crippen molar-refractivity contribution in [3.63, 3.8) is 0 Å². The van der Waals surface area contributed by atoms with Crippen molar-refractivity contribution in [2.45, 2.75) is 13.5 Å². The lowest BCUT2D eigenvalue weighted by molar-refractivity contribution is 0.0942. The summed E-state index contributed by atoms with van der Waals surface area (Å²) >= 11 is 1.62. The molecule has 9 heteroatoms. The number of amides is 1. The van der Waals surface area contributed by atoms with E-state index in [-0.39, 0.29) is 19.1 Å². The zero-order chi connectivity index (χ0) is 18.8. The zero-order valence-electron chi connectivity index (χ0n) is 14.7. The molecule has 0 fully saturated rings. The second-order valence-corrected chi connectivity index (χ2v) is 7.07. The number of rotatable bonds is 6. The summed E-state index contributed by atoms with van der Waals surface area (Å²) in [6.45, 7) is 2.67. The predicted octanol–water partition coefficient (Wildman–Crippen LogP) is 1.73. The Labute approximate surface area is 159 Å². The Morgan fingerprint density at radius 2 is 2.22 bits per heavy atom. The van der Waals surface area contributed by atoms with Gasteiger partial charge < -0.3 is 15.0 Å². The summed E-state index contributed by atoms with van der Waals surface area (Å²) in [4.78, 5) is 25.8. The zero-order valence-corrected chi connectivity index (χ0v) is 15.5. The lowest BCUT2D eigenvalue weighted by Crippen LogP contribution is -2.26. The van der Waals surface area contributed by atoms with E-state index in [0.29, 0.717) is 29.3 Å². The van der Waals surface area contributed by atoms with Gasteiger partial charge in [0.15, 0.2) is 11.5 Å². The molecule has 0 bridgehead atoms. The summed E-state index contributed by atoms with van der Waals surface area (Å²) in [5.41, 5.74) is 2.65. The van der Waals surface area contributed by atoms with Crippen LogP contribution in [0.15, 0.2) is 42.3 Å². The Hall–Kier alpha value is -3.04. The molecule has 0 atom stereocenters. The second-order valence-electron chi connectivity index (χ2n) is 6.01. The first-order chi connectivity index (χ1) is 13.2. The molecular formula is C18H18N6O2S. The highest BCUT2D eigenvalue weighted by Gasteiger charge is 2.19. The summed E-state index contributed by atoms with van der Waals surface area (Å²) in [5.74, 6) is 0.268. The van der Waals surface area contributed by atoms with E-state index in [1.807, 2.05) is 51.9 Å². The molecule has 4 aromatic heterocycles. The molecule has 0 saturated carbocycles. The van der Waals surface area contributed by atoms with Gasteiger partial charge in [-0.1, -0.05) is 6.07 Å². The van der Waals surface area contributed by atoms with Crippen LogP contribution < -0.4 is 5.32 Å². The van der Waals surface area contributed by atoms with E-state index in [0.717, 1.165) is 10.7 Å². The van der Waals surface area contributed by atoms with E-state index in [9.17, 15) is 4.79 Å². The minimum absolute atomic E-state index is 0.120. The number of thiazole rings is 1. The summed E-state index contributed by atoms with van der Waals surface area (Å²) in [6.07, 6.45) is 5.48. The molecule has 4 aromatic rings. The summed E-state index contributed by atoms with van der Waals surface area (Å²) in [6, 6.07) is 5.56. The van der Waals surface area contributed by atoms with Crippen LogP contribution in [0, 0.1) is 6.92 Å². The third-order valence-electron chi connectivity index (χ3n) is 4.03. The fourth-order valence-corrected chi connectivity index (χ4v) is 3.47. The van der Waals surface area contributed by atoms with Crippen LogP contribution in [0.1, 0.15) is 21.2 Å². The van der Waals surface area contributed by atoms with Crippen LogP contribution in [0.5, 0.6) is 0 Å². The van der Waals surface area contributed by atoms with E-state index in [2.05, 4.69) is 20.3 Å². The average molecular weight is 382 g/mol. The van der Waals surface area contributed by atoms with Crippen molar-refractivity contribution in [2.24, 2.45) is 0 Å². The molecule has 4 heterocycles. The Kier molecular flexibility index (Phi) is 4.69. The van der Waals surface area contributed by atoms with Crippen molar-refractivity contribution in [1.29, 1.82) is 0 Å². The molecule has 2 N–H and O–H groups in total. The van der Waals surface area contributed by atoms with Gasteiger partial charge in [-0.3, -0.25) is 9.20 Å². The standard InChI is InChI=1S/C18H18N6O2S/c1-12-21-13(10-27-12)8-23-9-14(20-11-23)17-22-16(18(26)19-5-7-25)15-4-2-3-6-24(15)17/h2-4,6,9-11,25H,5,7-8H2,1H3,(H,19,26). The summed E-state index contributed by atoms with van der Waals surface area (Å²) < 4.78 is 3.78. The van der Waals surface area contributed by atoms with Gasteiger partial charge in [0.2, 0.25) is 0 Å². The Bertz CT molecular complexity index is 1100. The number of nitrogens with one attached hydrogen (secondary N) is 1. The van der Waals surface area contributed by atoms with Crippen LogP contribution in [-0.4, -0.2) is 48.1 Å². The highest BCUT2D eigenvalue weighted by atomic mass is 32.1. The van der Waals surface area contributed by atoms with Crippen LogP contribution >= 0.6 is 11.3 Å². The maximum atomic E-state index is 12.4. The Morgan fingerprint density at radius 3 is 3.00 bits per heavy atom. The lowest BCUT2D eigenvalue weighted by atomic mass is 10.3. The molecule has 138 valence electrons. The van der Waals surface area contributed by atoms with E-state index in [1.165, 1.54) is 0 Å². The van der Waals surface area contributed by atoms with Gasteiger partial charge in [-0.05, 0) is 19.1 Å². The van der Waals surface area contributed by atoms with Crippen LogP contribution in [-0.2, 0) is 6.54 Å². The third kappa shape index (κ3) is 3.46. The number of nitrogens with zero attached hydrogens (tertiary/aromatic N) is 5. The molecule has 0 aliphatic rings. The first-order valence-electron chi connectivity index (χ1n) is 8.45. The molecule has 0 saturated heterocycles. The topological polar surface area (TPSA) is 97.3 Å². The van der Waals surface area contributed by atoms with Gasteiger partial charge in [0.25, 0.3) is 5.91 Å². The van der Waals surface area contributed by atoms with Gasteiger partial charge in [-0.15, -0.1) is 11.3 Å². The highest BCUT2D eigenvalue weighted by molar-refractivity contribution is 7.09. The number of aryl methyl sites for hydroxylation is 1. The molecule has 4 rings (SSSR count). The second kappa shape index (κ2) is 7.29. The maximum Gasteiger partial charge on any atom is 0.272 e. The van der Waals surface area contributed by atoms with Gasteiger partial charge in [-0.2, -0.15) is 0 Å². The molecule has 0 aliphatic carbocycles.